The van der Waals surface area contributed by atoms with Crippen molar-refractivity contribution in [3.63, 3.8) is 0 Å². The van der Waals surface area contributed by atoms with E-state index in [1.165, 1.54) is 13.1 Å². The Morgan fingerprint density at radius 2 is 1.72 bits per heavy atom. The number of hydrogen-bond acceptors (Lipinski definition) is 5. The Hall–Kier alpha value is -1.12. The molecule has 0 saturated heterocycles. The van der Waals surface area contributed by atoms with Crippen molar-refractivity contribution in [2.75, 3.05) is 30.9 Å². The number of sulfone groups is 1. The topological polar surface area (TPSA) is 92.3 Å². The second-order valence-electron chi connectivity index (χ2n) is 3.72. The van der Waals surface area contributed by atoms with Gasteiger partial charge in [-0.15, -0.1) is 0 Å². The number of hydrogen-bond donors (Lipinski definition) is 2. The van der Waals surface area contributed by atoms with Crippen LogP contribution in [0, 0.1) is 0 Å². The first kappa shape index (κ1) is 14.9. The summed E-state index contributed by atoms with van der Waals surface area (Å²) >= 11 is 0. The molecule has 0 amide bonds. The molecular weight excluding hydrogens is 276 g/mol. The van der Waals surface area contributed by atoms with Crippen LogP contribution in [0.25, 0.3) is 0 Å². The van der Waals surface area contributed by atoms with Gasteiger partial charge in [0.2, 0.25) is 10.0 Å². The molecule has 8 heteroatoms. The SMILES string of the molecule is CNS(=O)(=O)CCNc1ccccc1S(C)(=O)=O. The number of rotatable bonds is 6. The van der Waals surface area contributed by atoms with Gasteiger partial charge in [-0.3, -0.25) is 0 Å². The molecule has 1 rings (SSSR count). The molecule has 0 atom stereocenters. The number of sulfonamides is 1. The fourth-order valence-electron chi connectivity index (χ4n) is 1.36. The van der Waals surface area contributed by atoms with Gasteiger partial charge in [0.25, 0.3) is 0 Å². The summed E-state index contributed by atoms with van der Waals surface area (Å²) < 4.78 is 47.6. The van der Waals surface area contributed by atoms with Gasteiger partial charge in [-0.2, -0.15) is 0 Å². The van der Waals surface area contributed by atoms with Crippen molar-refractivity contribution in [2.24, 2.45) is 0 Å². The van der Waals surface area contributed by atoms with Crippen molar-refractivity contribution in [3.8, 4) is 0 Å². The quantitative estimate of drug-likeness (QED) is 0.773. The Balaban J connectivity index is 2.81. The number of para-hydroxylation sites is 1. The Morgan fingerprint density at radius 3 is 2.28 bits per heavy atom. The van der Waals surface area contributed by atoms with Crippen LogP contribution in [0.15, 0.2) is 29.2 Å². The third-order valence-corrected chi connectivity index (χ3v) is 4.80. The first-order valence-electron chi connectivity index (χ1n) is 5.20. The van der Waals surface area contributed by atoms with Gasteiger partial charge in [0.1, 0.15) is 0 Å². The minimum Gasteiger partial charge on any atom is -0.383 e. The summed E-state index contributed by atoms with van der Waals surface area (Å²) in [5, 5.41) is 2.81. The fourth-order valence-corrected chi connectivity index (χ4v) is 2.80. The van der Waals surface area contributed by atoms with Crippen LogP contribution in [0.5, 0.6) is 0 Å². The molecule has 0 unspecified atom stereocenters. The van der Waals surface area contributed by atoms with E-state index in [1.54, 1.807) is 18.2 Å². The van der Waals surface area contributed by atoms with E-state index in [0.717, 1.165) is 6.26 Å². The molecule has 0 aliphatic rings. The Morgan fingerprint density at radius 1 is 1.11 bits per heavy atom. The first-order chi connectivity index (χ1) is 8.26. The predicted molar refractivity (Wildman–Crippen MR) is 70.9 cm³/mol. The van der Waals surface area contributed by atoms with E-state index in [4.69, 9.17) is 0 Å². The zero-order chi connectivity index (χ0) is 13.8. The number of anilines is 1. The van der Waals surface area contributed by atoms with Gasteiger partial charge in [0.05, 0.1) is 16.3 Å². The highest BCUT2D eigenvalue weighted by Gasteiger charge is 2.13. The lowest BCUT2D eigenvalue weighted by Crippen LogP contribution is -2.26. The van der Waals surface area contributed by atoms with Crippen LogP contribution in [0.4, 0.5) is 5.69 Å². The summed E-state index contributed by atoms with van der Waals surface area (Å²) in [5.74, 6) is -0.123. The molecule has 1 aromatic rings. The number of benzene rings is 1. The fraction of sp³-hybridized carbons (Fsp3) is 0.400. The lowest BCUT2D eigenvalue weighted by atomic mass is 10.3. The van der Waals surface area contributed by atoms with Crippen LogP contribution < -0.4 is 10.0 Å². The van der Waals surface area contributed by atoms with Crippen molar-refractivity contribution in [1.82, 2.24) is 4.72 Å². The third-order valence-electron chi connectivity index (χ3n) is 2.28. The lowest BCUT2D eigenvalue weighted by Gasteiger charge is -2.10. The summed E-state index contributed by atoms with van der Waals surface area (Å²) in [6, 6.07) is 6.38. The van der Waals surface area contributed by atoms with E-state index in [-0.39, 0.29) is 17.2 Å². The number of nitrogens with one attached hydrogen (secondary N) is 2. The standard InChI is InChI=1S/C10H16N2O4S2/c1-11-18(15,16)8-7-12-9-5-3-4-6-10(9)17(2,13)14/h3-6,11-12H,7-8H2,1-2H3. The van der Waals surface area contributed by atoms with Crippen molar-refractivity contribution in [1.29, 1.82) is 0 Å². The molecule has 0 aliphatic heterocycles. The highest BCUT2D eigenvalue weighted by molar-refractivity contribution is 7.91. The van der Waals surface area contributed by atoms with E-state index in [0.29, 0.717) is 5.69 Å². The average molecular weight is 292 g/mol. The minimum atomic E-state index is -3.33. The van der Waals surface area contributed by atoms with E-state index in [9.17, 15) is 16.8 Å². The molecule has 102 valence electrons. The maximum atomic E-state index is 11.5. The molecule has 0 aliphatic carbocycles. The maximum Gasteiger partial charge on any atom is 0.213 e. The molecule has 0 saturated carbocycles. The zero-order valence-electron chi connectivity index (χ0n) is 10.2. The third kappa shape index (κ3) is 4.28. The molecule has 6 nitrogen and oxygen atoms in total. The summed E-state index contributed by atoms with van der Waals surface area (Å²) in [4.78, 5) is 0.159. The Bertz CT molecular complexity index is 609. The van der Waals surface area contributed by atoms with Crippen LogP contribution >= 0.6 is 0 Å². The Kier molecular flexibility index (Phi) is 4.71. The van der Waals surface area contributed by atoms with E-state index in [1.807, 2.05) is 0 Å². The molecule has 0 fully saturated rings. The van der Waals surface area contributed by atoms with Crippen LogP contribution in [-0.2, 0) is 19.9 Å². The largest absolute Gasteiger partial charge is 0.383 e. The summed E-state index contributed by atoms with van der Waals surface area (Å²) in [6.45, 7) is 0.135. The minimum absolute atomic E-state index is 0.123. The average Bonchev–Trinajstić information content (AvgIpc) is 2.28. The van der Waals surface area contributed by atoms with Crippen molar-refractivity contribution < 1.29 is 16.8 Å². The van der Waals surface area contributed by atoms with Gasteiger partial charge < -0.3 is 5.32 Å². The molecule has 0 heterocycles. The van der Waals surface area contributed by atoms with Crippen molar-refractivity contribution >= 4 is 25.5 Å². The van der Waals surface area contributed by atoms with Crippen LogP contribution in [0.3, 0.4) is 0 Å². The molecule has 1 aromatic carbocycles. The van der Waals surface area contributed by atoms with Crippen LogP contribution in [-0.4, -0.2) is 42.4 Å². The lowest BCUT2D eigenvalue weighted by molar-refractivity contribution is 0.588. The monoisotopic (exact) mass is 292 g/mol. The summed E-state index contributed by atoms with van der Waals surface area (Å²) in [5.41, 5.74) is 0.409. The van der Waals surface area contributed by atoms with Crippen LogP contribution in [0.2, 0.25) is 0 Å². The molecular formula is C10H16N2O4S2. The van der Waals surface area contributed by atoms with Gasteiger partial charge in [0.15, 0.2) is 9.84 Å². The van der Waals surface area contributed by atoms with Gasteiger partial charge in [-0.25, -0.2) is 21.6 Å². The summed E-state index contributed by atoms with van der Waals surface area (Å²) in [7, 11) is -5.30. The normalized spacial score (nSPS) is 12.3. The van der Waals surface area contributed by atoms with Crippen molar-refractivity contribution in [3.05, 3.63) is 24.3 Å². The molecule has 18 heavy (non-hydrogen) atoms. The second-order valence-corrected chi connectivity index (χ2v) is 7.75. The summed E-state index contributed by atoms with van der Waals surface area (Å²) in [6.07, 6.45) is 1.11. The van der Waals surface area contributed by atoms with Gasteiger partial charge in [0, 0.05) is 12.8 Å². The molecule has 0 aromatic heterocycles. The first-order valence-corrected chi connectivity index (χ1v) is 8.75. The van der Waals surface area contributed by atoms with E-state index < -0.39 is 19.9 Å². The van der Waals surface area contributed by atoms with E-state index >= 15 is 0 Å². The molecule has 0 spiro atoms. The second kappa shape index (κ2) is 5.68. The van der Waals surface area contributed by atoms with Crippen LogP contribution in [0.1, 0.15) is 0 Å². The molecule has 0 radical (unpaired) electrons. The predicted octanol–water partition coefficient (Wildman–Crippen LogP) is 0.0512. The molecule has 0 bridgehead atoms. The van der Waals surface area contributed by atoms with Gasteiger partial charge >= 0.3 is 0 Å². The highest BCUT2D eigenvalue weighted by atomic mass is 32.2. The van der Waals surface area contributed by atoms with Crippen molar-refractivity contribution in [2.45, 2.75) is 4.90 Å². The van der Waals surface area contributed by atoms with Gasteiger partial charge in [-0.1, -0.05) is 12.1 Å². The van der Waals surface area contributed by atoms with Gasteiger partial charge in [-0.05, 0) is 19.2 Å². The zero-order valence-corrected chi connectivity index (χ0v) is 11.8. The highest BCUT2D eigenvalue weighted by Crippen LogP contribution is 2.20. The van der Waals surface area contributed by atoms with E-state index in [2.05, 4.69) is 10.0 Å². The Labute approximate surface area is 107 Å². The maximum absolute atomic E-state index is 11.5. The smallest absolute Gasteiger partial charge is 0.213 e. The molecule has 2 N–H and O–H groups in total.